The molecular weight excluding hydrogens is 860 g/mol. The molecular formula is C50H46Cl2N10O3. The highest BCUT2D eigenvalue weighted by Crippen LogP contribution is 2.25. The number of fused-ring (bicyclic) bond motifs is 4. The first-order chi connectivity index (χ1) is 31.5. The van der Waals surface area contributed by atoms with Crippen LogP contribution in [0.5, 0.6) is 0 Å². The molecule has 0 saturated heterocycles. The SMILES string of the molecule is Cc1nc2c(cc1CN)CCN2.Cc1nc2c(cc1CNC(=O)c1ccnc(Cc3ccc4ncc(Cl)cc4c3)c1)CCN2.O=C(O)c1ccnc(Cc2ccc3ncc(Cl)cc3c2)c1. The summed E-state index contributed by atoms with van der Waals surface area (Å²) < 4.78 is 0. The van der Waals surface area contributed by atoms with Gasteiger partial charge < -0.3 is 26.8 Å². The number of anilines is 2. The predicted octanol–water partition coefficient (Wildman–Crippen LogP) is 8.86. The van der Waals surface area contributed by atoms with E-state index in [4.69, 9.17) is 34.0 Å². The monoisotopic (exact) mass is 904 g/mol. The van der Waals surface area contributed by atoms with Crippen molar-refractivity contribution in [3.8, 4) is 0 Å². The van der Waals surface area contributed by atoms with Crippen LogP contribution in [0.3, 0.4) is 0 Å². The maximum atomic E-state index is 12.8. The average Bonchev–Trinajstić information content (AvgIpc) is 3.97. The van der Waals surface area contributed by atoms with Crippen molar-refractivity contribution in [3.63, 3.8) is 0 Å². The molecule has 0 fully saturated rings. The molecule has 13 nitrogen and oxygen atoms in total. The van der Waals surface area contributed by atoms with Crippen LogP contribution in [0.4, 0.5) is 11.6 Å². The second-order valence-electron chi connectivity index (χ2n) is 15.8. The number of rotatable bonds is 9. The zero-order valence-corrected chi connectivity index (χ0v) is 37.3. The highest BCUT2D eigenvalue weighted by molar-refractivity contribution is 6.31. The van der Waals surface area contributed by atoms with E-state index in [1.54, 1.807) is 30.7 Å². The normalized spacial score (nSPS) is 12.2. The van der Waals surface area contributed by atoms with Gasteiger partial charge in [-0.3, -0.25) is 24.7 Å². The van der Waals surface area contributed by atoms with Crippen LogP contribution in [0, 0.1) is 13.8 Å². The van der Waals surface area contributed by atoms with E-state index in [1.165, 1.54) is 23.4 Å². The Labute approximate surface area is 385 Å². The van der Waals surface area contributed by atoms with Crippen molar-refractivity contribution in [1.29, 1.82) is 0 Å². The Morgan fingerprint density at radius 3 is 1.71 bits per heavy atom. The van der Waals surface area contributed by atoms with Gasteiger partial charge in [-0.1, -0.05) is 35.3 Å². The lowest BCUT2D eigenvalue weighted by atomic mass is 10.0. The van der Waals surface area contributed by atoms with E-state index in [0.717, 1.165) is 98.7 Å². The van der Waals surface area contributed by atoms with Crippen LogP contribution in [0.25, 0.3) is 21.8 Å². The molecule has 15 heteroatoms. The Balaban J connectivity index is 0.000000149. The Kier molecular flexibility index (Phi) is 13.8. The largest absolute Gasteiger partial charge is 0.478 e. The Hall–Kier alpha value is -7.06. The lowest BCUT2D eigenvalue weighted by Gasteiger charge is -2.10. The van der Waals surface area contributed by atoms with Gasteiger partial charge in [-0.15, -0.1) is 0 Å². The van der Waals surface area contributed by atoms with Crippen LogP contribution in [0.15, 0.2) is 110 Å². The number of nitrogens with zero attached hydrogens (tertiary/aromatic N) is 6. The van der Waals surface area contributed by atoms with Crippen molar-refractivity contribution in [3.05, 3.63) is 187 Å². The molecule has 0 atom stereocenters. The van der Waals surface area contributed by atoms with Gasteiger partial charge in [0.25, 0.3) is 5.91 Å². The molecule has 0 saturated carbocycles. The number of aryl methyl sites for hydroxylation is 2. The zero-order chi connectivity index (χ0) is 45.5. The fourth-order valence-electron chi connectivity index (χ4n) is 7.74. The Bertz CT molecular complexity index is 3070. The number of aromatic nitrogens is 6. The van der Waals surface area contributed by atoms with Crippen molar-refractivity contribution in [2.75, 3.05) is 23.7 Å². The van der Waals surface area contributed by atoms with E-state index in [-0.39, 0.29) is 11.5 Å². The van der Waals surface area contributed by atoms with E-state index in [2.05, 4.69) is 64.1 Å². The minimum Gasteiger partial charge on any atom is -0.478 e. The first kappa shape index (κ1) is 44.5. The van der Waals surface area contributed by atoms with Gasteiger partial charge in [0.15, 0.2) is 0 Å². The van der Waals surface area contributed by atoms with Crippen molar-refractivity contribution < 1.29 is 14.7 Å². The van der Waals surface area contributed by atoms with Crippen molar-refractivity contribution in [1.82, 2.24) is 35.2 Å². The third-order valence-corrected chi connectivity index (χ3v) is 11.6. The van der Waals surface area contributed by atoms with Gasteiger partial charge >= 0.3 is 5.97 Å². The third kappa shape index (κ3) is 11.2. The average molecular weight is 906 g/mol. The summed E-state index contributed by atoms with van der Waals surface area (Å²) in [5.74, 6) is 0.933. The minimum atomic E-state index is -0.951. The van der Waals surface area contributed by atoms with Crippen LogP contribution in [0.1, 0.15) is 76.9 Å². The number of pyridine rings is 6. The smallest absolute Gasteiger partial charge is 0.335 e. The van der Waals surface area contributed by atoms with Gasteiger partial charge in [0.1, 0.15) is 11.6 Å². The van der Waals surface area contributed by atoms with E-state index < -0.39 is 5.97 Å². The molecule has 65 heavy (non-hydrogen) atoms. The van der Waals surface area contributed by atoms with E-state index >= 15 is 0 Å². The molecule has 6 N–H and O–H groups in total. The molecule has 2 aromatic carbocycles. The molecule has 0 aliphatic carbocycles. The molecule has 0 unspecified atom stereocenters. The standard InChI is InChI=1S/C25H22ClN5O.C16H11ClN2O2.C9H13N3/c1-15-20(10-17-4-7-28-24(17)31-15)13-30-25(32)18-5-6-27-22(12-18)9-16-2-3-23-19(8-16)11-21(26)14-29-23;17-13-7-12-5-10(1-2-15(12)19-9-13)6-14-8-11(16(20)21)3-4-18-14;1-6-8(5-10)4-7-2-3-11-9(7)12-6/h2-3,5-6,8,10-12,14H,4,7,9,13H2,1H3,(H,28,31)(H,30,32);1-5,7-9H,6H2,(H,20,21);4H,2-3,5,10H2,1H3,(H,11,12). The topological polar surface area (TPSA) is 194 Å². The van der Waals surface area contributed by atoms with Crippen molar-refractivity contribution >= 4 is 68.5 Å². The van der Waals surface area contributed by atoms with Gasteiger partial charge in [-0.2, -0.15) is 0 Å². The van der Waals surface area contributed by atoms with E-state index in [9.17, 15) is 9.59 Å². The van der Waals surface area contributed by atoms with Gasteiger partial charge in [0, 0.05) is 103 Å². The predicted molar refractivity (Wildman–Crippen MR) is 256 cm³/mol. The number of carboxylic acids is 1. The number of benzene rings is 2. The number of carboxylic acid groups (broad SMARTS) is 1. The Morgan fingerprint density at radius 1 is 0.662 bits per heavy atom. The summed E-state index contributed by atoms with van der Waals surface area (Å²) >= 11 is 12.0. The Morgan fingerprint density at radius 2 is 1.17 bits per heavy atom. The third-order valence-electron chi connectivity index (χ3n) is 11.2. The van der Waals surface area contributed by atoms with Crippen molar-refractivity contribution in [2.24, 2.45) is 5.73 Å². The van der Waals surface area contributed by atoms with Crippen LogP contribution in [0.2, 0.25) is 10.0 Å². The number of carbonyl (C=O) groups is 2. The van der Waals surface area contributed by atoms with Crippen LogP contribution in [-0.2, 0) is 38.8 Å². The summed E-state index contributed by atoms with van der Waals surface area (Å²) in [5, 5.41) is 21.7. The molecule has 8 heterocycles. The van der Waals surface area contributed by atoms with Crippen LogP contribution in [-0.4, -0.2) is 60.0 Å². The zero-order valence-electron chi connectivity index (χ0n) is 35.8. The molecule has 0 radical (unpaired) electrons. The van der Waals surface area contributed by atoms with Gasteiger partial charge in [0.2, 0.25) is 0 Å². The maximum Gasteiger partial charge on any atom is 0.335 e. The molecule has 328 valence electrons. The lowest BCUT2D eigenvalue weighted by Crippen LogP contribution is -2.23. The maximum absolute atomic E-state index is 12.8. The molecule has 0 spiro atoms. The summed E-state index contributed by atoms with van der Waals surface area (Å²) in [6, 6.07) is 26.6. The molecule has 6 aromatic heterocycles. The number of hydrogen-bond donors (Lipinski definition) is 5. The highest BCUT2D eigenvalue weighted by Gasteiger charge is 2.16. The number of carbonyl (C=O) groups excluding carboxylic acids is 1. The number of aromatic carboxylic acids is 1. The number of nitrogens with one attached hydrogen (secondary N) is 3. The lowest BCUT2D eigenvalue weighted by molar-refractivity contribution is 0.0696. The molecule has 1 amide bonds. The number of amides is 1. The molecule has 10 rings (SSSR count). The fraction of sp³-hybridized carbons (Fsp3) is 0.200. The summed E-state index contributed by atoms with van der Waals surface area (Å²) in [6.45, 7) is 6.93. The number of halogens is 2. The van der Waals surface area contributed by atoms with E-state index in [0.29, 0.717) is 47.2 Å². The second kappa shape index (κ2) is 20.2. The molecule has 2 aliphatic rings. The van der Waals surface area contributed by atoms with Gasteiger partial charge in [-0.05, 0) is 133 Å². The minimum absolute atomic E-state index is 0.124. The summed E-state index contributed by atoms with van der Waals surface area (Å²) in [4.78, 5) is 50.0. The van der Waals surface area contributed by atoms with Crippen molar-refractivity contribution in [2.45, 2.75) is 52.6 Å². The van der Waals surface area contributed by atoms with Gasteiger partial charge in [-0.25, -0.2) is 14.8 Å². The molecule has 0 bridgehead atoms. The number of nitrogens with two attached hydrogens (primary N) is 1. The van der Waals surface area contributed by atoms with Crippen LogP contribution >= 0.6 is 23.2 Å². The highest BCUT2D eigenvalue weighted by atomic mass is 35.5. The fourth-order valence-corrected chi connectivity index (χ4v) is 8.07. The summed E-state index contributed by atoms with van der Waals surface area (Å²) in [7, 11) is 0. The number of hydrogen-bond acceptors (Lipinski definition) is 11. The molecule has 8 aromatic rings. The first-order valence-corrected chi connectivity index (χ1v) is 21.9. The van der Waals surface area contributed by atoms with Gasteiger partial charge in [0.05, 0.1) is 26.6 Å². The quantitative estimate of drug-likeness (QED) is 0.0925. The molecule has 2 aliphatic heterocycles. The van der Waals surface area contributed by atoms with E-state index in [1.807, 2.05) is 62.4 Å². The summed E-state index contributed by atoms with van der Waals surface area (Å²) in [6.07, 6.45) is 9.67. The first-order valence-electron chi connectivity index (χ1n) is 21.1. The van der Waals surface area contributed by atoms with Crippen LogP contribution < -0.4 is 21.7 Å². The summed E-state index contributed by atoms with van der Waals surface area (Å²) in [5.41, 5.74) is 18.5. The second-order valence-corrected chi connectivity index (χ2v) is 16.7.